The zero-order valence-electron chi connectivity index (χ0n) is 13.9. The molecule has 0 atom stereocenters. The molecule has 4 aromatic rings. The third kappa shape index (κ3) is 3.74. The quantitative estimate of drug-likeness (QED) is 0.530. The lowest BCUT2D eigenvalue weighted by molar-refractivity contribution is -0.137. The fourth-order valence-electron chi connectivity index (χ4n) is 2.62. The third-order valence-corrected chi connectivity index (χ3v) is 3.89. The van der Waals surface area contributed by atoms with Gasteiger partial charge in [-0.3, -0.25) is 0 Å². The van der Waals surface area contributed by atoms with Crippen molar-refractivity contribution in [3.63, 3.8) is 0 Å². The summed E-state index contributed by atoms with van der Waals surface area (Å²) in [6.45, 7) is 0. The van der Waals surface area contributed by atoms with Crippen LogP contribution in [0.2, 0.25) is 0 Å². The Hall–Kier alpha value is -3.42. The van der Waals surface area contributed by atoms with Gasteiger partial charge in [-0.05, 0) is 29.8 Å². The lowest BCUT2D eigenvalue weighted by Crippen LogP contribution is -2.05. The second-order valence-electron chi connectivity index (χ2n) is 5.85. The van der Waals surface area contributed by atoms with Crippen molar-refractivity contribution in [2.75, 3.05) is 0 Å². The number of ether oxygens (including phenoxy) is 1. The minimum atomic E-state index is -4.44. The van der Waals surface area contributed by atoms with Crippen LogP contribution >= 0.6 is 0 Å². The molecule has 2 aromatic carbocycles. The molecule has 0 radical (unpaired) electrons. The Labute approximate surface area is 152 Å². The summed E-state index contributed by atoms with van der Waals surface area (Å²) >= 11 is 0. The first kappa shape index (κ1) is 17.0. The van der Waals surface area contributed by atoms with E-state index >= 15 is 0 Å². The third-order valence-electron chi connectivity index (χ3n) is 3.89. The molecular formula is C19H13F3N4O. The Balaban J connectivity index is 1.63. The molecule has 8 heteroatoms. The molecule has 0 saturated carbocycles. The van der Waals surface area contributed by atoms with Crippen molar-refractivity contribution in [3.05, 3.63) is 83.7 Å². The molecule has 136 valence electrons. The number of aromatic nitrogens is 4. The predicted octanol–water partition coefficient (Wildman–Crippen LogP) is 4.53. The van der Waals surface area contributed by atoms with Gasteiger partial charge in [0.1, 0.15) is 5.75 Å². The molecule has 2 aromatic heterocycles. The highest BCUT2D eigenvalue weighted by atomic mass is 19.4. The van der Waals surface area contributed by atoms with Gasteiger partial charge in [0.15, 0.2) is 11.5 Å². The van der Waals surface area contributed by atoms with E-state index in [0.717, 1.165) is 17.7 Å². The van der Waals surface area contributed by atoms with Crippen LogP contribution in [0.25, 0.3) is 5.65 Å². The first-order valence-electron chi connectivity index (χ1n) is 8.09. The zero-order chi connectivity index (χ0) is 18.9. The number of hydrogen-bond acceptors (Lipinski definition) is 4. The van der Waals surface area contributed by atoms with Gasteiger partial charge in [0, 0.05) is 12.5 Å². The molecule has 0 aliphatic heterocycles. The van der Waals surface area contributed by atoms with Gasteiger partial charge in [0.2, 0.25) is 5.88 Å². The summed E-state index contributed by atoms with van der Waals surface area (Å²) in [5, 5.41) is 12.5. The van der Waals surface area contributed by atoms with E-state index in [1.54, 1.807) is 6.07 Å². The molecule has 2 heterocycles. The van der Waals surface area contributed by atoms with E-state index in [0.29, 0.717) is 17.9 Å². The van der Waals surface area contributed by atoms with Crippen molar-refractivity contribution in [3.8, 4) is 11.6 Å². The Morgan fingerprint density at radius 2 is 1.70 bits per heavy atom. The maximum Gasteiger partial charge on any atom is 0.416 e. The van der Waals surface area contributed by atoms with E-state index in [-0.39, 0.29) is 11.6 Å². The summed E-state index contributed by atoms with van der Waals surface area (Å²) in [4.78, 5) is 0. The van der Waals surface area contributed by atoms with E-state index in [4.69, 9.17) is 4.74 Å². The molecule has 0 saturated heterocycles. The van der Waals surface area contributed by atoms with Crippen LogP contribution in [-0.4, -0.2) is 19.8 Å². The molecule has 0 fully saturated rings. The molecule has 0 spiro atoms. The van der Waals surface area contributed by atoms with Crippen molar-refractivity contribution in [2.45, 2.75) is 12.6 Å². The molecular weight excluding hydrogens is 357 g/mol. The Morgan fingerprint density at radius 3 is 2.48 bits per heavy atom. The van der Waals surface area contributed by atoms with E-state index < -0.39 is 11.7 Å². The SMILES string of the molecule is FC(F)(F)c1cccc(Oc2ccc3nnc(Cc4ccccc4)n3n2)c1. The fourth-order valence-corrected chi connectivity index (χ4v) is 2.62. The van der Waals surface area contributed by atoms with E-state index in [2.05, 4.69) is 15.3 Å². The van der Waals surface area contributed by atoms with Gasteiger partial charge in [-0.25, -0.2) is 0 Å². The van der Waals surface area contributed by atoms with Crippen molar-refractivity contribution >= 4 is 5.65 Å². The number of fused-ring (bicyclic) bond motifs is 1. The largest absolute Gasteiger partial charge is 0.438 e. The van der Waals surface area contributed by atoms with E-state index in [1.165, 1.54) is 22.7 Å². The zero-order valence-corrected chi connectivity index (χ0v) is 13.9. The standard InChI is InChI=1S/C19H13F3N4O/c20-19(21,22)14-7-4-8-15(12-14)27-18-10-9-16-23-24-17(26(16)25-18)11-13-5-2-1-3-6-13/h1-10,12H,11H2. The van der Waals surface area contributed by atoms with Gasteiger partial charge < -0.3 is 4.74 Å². The van der Waals surface area contributed by atoms with Crippen LogP contribution < -0.4 is 4.74 Å². The van der Waals surface area contributed by atoms with Gasteiger partial charge in [-0.1, -0.05) is 36.4 Å². The van der Waals surface area contributed by atoms with Gasteiger partial charge in [-0.15, -0.1) is 15.3 Å². The molecule has 0 aliphatic carbocycles. The second-order valence-corrected chi connectivity index (χ2v) is 5.85. The highest BCUT2D eigenvalue weighted by Gasteiger charge is 2.30. The molecule has 27 heavy (non-hydrogen) atoms. The summed E-state index contributed by atoms with van der Waals surface area (Å²) in [7, 11) is 0. The first-order chi connectivity index (χ1) is 13.0. The maximum absolute atomic E-state index is 12.8. The van der Waals surface area contributed by atoms with Crippen molar-refractivity contribution in [1.29, 1.82) is 0 Å². The Morgan fingerprint density at radius 1 is 0.889 bits per heavy atom. The average Bonchev–Trinajstić information content (AvgIpc) is 3.04. The molecule has 4 rings (SSSR count). The topological polar surface area (TPSA) is 52.3 Å². The number of hydrogen-bond donors (Lipinski definition) is 0. The number of halogens is 3. The summed E-state index contributed by atoms with van der Waals surface area (Å²) in [6, 6.07) is 17.5. The van der Waals surface area contributed by atoms with E-state index in [9.17, 15) is 13.2 Å². The number of nitrogens with zero attached hydrogens (tertiary/aromatic N) is 4. The Bertz CT molecular complexity index is 1080. The first-order valence-corrected chi connectivity index (χ1v) is 8.09. The molecule has 0 amide bonds. The molecule has 0 bridgehead atoms. The van der Waals surface area contributed by atoms with Crippen molar-refractivity contribution < 1.29 is 17.9 Å². The lowest BCUT2D eigenvalue weighted by Gasteiger charge is -2.09. The molecule has 0 unspecified atom stereocenters. The van der Waals surface area contributed by atoms with Gasteiger partial charge in [-0.2, -0.15) is 17.7 Å². The monoisotopic (exact) mass is 370 g/mol. The Kier molecular flexibility index (Phi) is 4.23. The summed E-state index contributed by atoms with van der Waals surface area (Å²) in [6.07, 6.45) is -3.92. The van der Waals surface area contributed by atoms with Gasteiger partial charge in [0.25, 0.3) is 0 Å². The molecule has 0 aliphatic rings. The number of rotatable bonds is 4. The van der Waals surface area contributed by atoms with Gasteiger partial charge >= 0.3 is 6.18 Å². The van der Waals surface area contributed by atoms with Crippen LogP contribution in [0.4, 0.5) is 13.2 Å². The fraction of sp³-hybridized carbons (Fsp3) is 0.105. The predicted molar refractivity (Wildman–Crippen MR) is 91.5 cm³/mol. The molecule has 5 nitrogen and oxygen atoms in total. The molecule has 0 N–H and O–H groups in total. The van der Waals surface area contributed by atoms with E-state index in [1.807, 2.05) is 30.3 Å². The van der Waals surface area contributed by atoms with Crippen LogP contribution in [0.5, 0.6) is 11.6 Å². The number of benzene rings is 2. The normalized spacial score (nSPS) is 11.7. The maximum atomic E-state index is 12.8. The minimum Gasteiger partial charge on any atom is -0.438 e. The van der Waals surface area contributed by atoms with Crippen molar-refractivity contribution in [1.82, 2.24) is 19.8 Å². The summed E-state index contributed by atoms with van der Waals surface area (Å²) in [5.74, 6) is 0.802. The highest BCUT2D eigenvalue weighted by molar-refractivity contribution is 5.40. The van der Waals surface area contributed by atoms with Crippen LogP contribution in [0.3, 0.4) is 0 Å². The van der Waals surface area contributed by atoms with Gasteiger partial charge in [0.05, 0.1) is 5.56 Å². The van der Waals surface area contributed by atoms with Crippen LogP contribution in [0.15, 0.2) is 66.7 Å². The highest BCUT2D eigenvalue weighted by Crippen LogP contribution is 2.32. The van der Waals surface area contributed by atoms with Crippen LogP contribution in [0, 0.1) is 0 Å². The summed E-state index contributed by atoms with van der Waals surface area (Å²) in [5.41, 5.74) is 0.783. The number of alkyl halides is 3. The van der Waals surface area contributed by atoms with Crippen LogP contribution in [-0.2, 0) is 12.6 Å². The second kappa shape index (κ2) is 6.71. The lowest BCUT2D eigenvalue weighted by atomic mass is 10.1. The van der Waals surface area contributed by atoms with Crippen molar-refractivity contribution in [2.24, 2.45) is 0 Å². The minimum absolute atomic E-state index is 0.0503. The summed E-state index contributed by atoms with van der Waals surface area (Å²) < 4.78 is 45.6. The average molecular weight is 370 g/mol. The smallest absolute Gasteiger partial charge is 0.416 e. The van der Waals surface area contributed by atoms with Crippen LogP contribution in [0.1, 0.15) is 17.0 Å².